The Morgan fingerprint density at radius 2 is 1.49 bits per heavy atom. The third kappa shape index (κ3) is 5.96. The van der Waals surface area contributed by atoms with Crippen molar-refractivity contribution in [3.63, 3.8) is 0 Å². The average Bonchev–Trinajstić information content (AvgIpc) is 3.26. The lowest BCUT2D eigenvalue weighted by atomic mass is 10.0. The Labute approximate surface area is 228 Å². The number of methoxy groups -OCH3 is 1. The van der Waals surface area contributed by atoms with Crippen LogP contribution in [0.1, 0.15) is 22.7 Å². The highest BCUT2D eigenvalue weighted by Crippen LogP contribution is 2.38. The van der Waals surface area contributed by atoms with E-state index in [4.69, 9.17) is 21.1 Å². The van der Waals surface area contributed by atoms with Crippen LogP contribution >= 0.6 is 11.6 Å². The molecule has 1 aliphatic rings. The second-order valence-electron chi connectivity index (χ2n) is 9.07. The van der Waals surface area contributed by atoms with Crippen LogP contribution in [0.25, 0.3) is 0 Å². The number of carbonyl (C=O) groups is 1. The van der Waals surface area contributed by atoms with Crippen molar-refractivity contribution in [2.45, 2.75) is 18.8 Å². The van der Waals surface area contributed by atoms with E-state index in [-0.39, 0.29) is 12.6 Å². The van der Waals surface area contributed by atoms with Gasteiger partial charge in [0.1, 0.15) is 17.2 Å². The predicted octanol–water partition coefficient (Wildman–Crippen LogP) is 8.34. The maximum Gasteiger partial charge on any atom is 0.416 e. The van der Waals surface area contributed by atoms with Gasteiger partial charge in [0.2, 0.25) is 0 Å². The van der Waals surface area contributed by atoms with Crippen molar-refractivity contribution < 1.29 is 27.4 Å². The number of benzene rings is 4. The Hall–Kier alpha value is -4.17. The third-order valence-corrected chi connectivity index (χ3v) is 6.73. The van der Waals surface area contributed by atoms with Crippen LogP contribution < -0.4 is 14.4 Å². The number of halogens is 4. The van der Waals surface area contributed by atoms with Gasteiger partial charge in [0.25, 0.3) is 0 Å². The smallest absolute Gasteiger partial charge is 0.416 e. The summed E-state index contributed by atoms with van der Waals surface area (Å²) in [5.74, 6) is 1.83. The number of hydrogen-bond donors (Lipinski definition) is 0. The quantitative estimate of drug-likeness (QED) is 0.231. The van der Waals surface area contributed by atoms with Crippen LogP contribution in [0.5, 0.6) is 17.2 Å². The van der Waals surface area contributed by atoms with Crippen molar-refractivity contribution in [1.29, 1.82) is 0 Å². The first-order valence-electron chi connectivity index (χ1n) is 12.1. The topological polar surface area (TPSA) is 42.0 Å². The van der Waals surface area contributed by atoms with E-state index in [9.17, 15) is 18.0 Å². The molecule has 2 amide bonds. The maximum absolute atomic E-state index is 13.7. The molecule has 0 saturated carbocycles. The number of alkyl halides is 3. The van der Waals surface area contributed by atoms with Crippen molar-refractivity contribution in [2.75, 3.05) is 18.6 Å². The molecular weight excluding hydrogens is 529 g/mol. The summed E-state index contributed by atoms with van der Waals surface area (Å²) in [6, 6.07) is 25.3. The van der Waals surface area contributed by atoms with Gasteiger partial charge in [-0.2, -0.15) is 13.2 Å². The van der Waals surface area contributed by atoms with E-state index in [1.807, 2.05) is 12.1 Å². The summed E-state index contributed by atoms with van der Waals surface area (Å²) in [7, 11) is 1.57. The lowest BCUT2D eigenvalue weighted by Crippen LogP contribution is -2.32. The summed E-state index contributed by atoms with van der Waals surface area (Å²) in [6.45, 7) is 0.516. The minimum absolute atomic E-state index is 0.217. The predicted molar refractivity (Wildman–Crippen MR) is 143 cm³/mol. The zero-order valence-electron chi connectivity index (χ0n) is 20.9. The van der Waals surface area contributed by atoms with Gasteiger partial charge in [-0.1, -0.05) is 35.9 Å². The summed E-state index contributed by atoms with van der Waals surface area (Å²) >= 11 is 5.93. The number of carbonyl (C=O) groups excluding carboxylic acids is 1. The van der Waals surface area contributed by atoms with Gasteiger partial charge in [-0.05, 0) is 83.9 Å². The Morgan fingerprint density at radius 3 is 2.10 bits per heavy atom. The third-order valence-electron chi connectivity index (χ3n) is 6.48. The molecule has 4 aromatic rings. The van der Waals surface area contributed by atoms with Gasteiger partial charge in [0, 0.05) is 23.8 Å². The molecule has 39 heavy (non-hydrogen) atoms. The average molecular weight is 553 g/mol. The number of ether oxygens (including phenoxy) is 2. The minimum Gasteiger partial charge on any atom is -0.497 e. The first-order chi connectivity index (χ1) is 18.7. The highest BCUT2D eigenvalue weighted by molar-refractivity contribution is 6.30. The van der Waals surface area contributed by atoms with Crippen molar-refractivity contribution in [1.82, 2.24) is 4.90 Å². The second kappa shape index (κ2) is 10.9. The summed E-state index contributed by atoms with van der Waals surface area (Å²) in [5.41, 5.74) is 1.06. The van der Waals surface area contributed by atoms with Crippen LogP contribution in [0.15, 0.2) is 97.1 Å². The molecule has 200 valence electrons. The normalized spacial score (nSPS) is 15.5. The molecule has 0 aliphatic carbocycles. The Balaban J connectivity index is 1.44. The summed E-state index contributed by atoms with van der Waals surface area (Å²) in [5, 5.41) is 0.588. The summed E-state index contributed by atoms with van der Waals surface area (Å²) in [6.07, 6.45) is -4.49. The van der Waals surface area contributed by atoms with Gasteiger partial charge < -0.3 is 14.4 Å². The summed E-state index contributed by atoms with van der Waals surface area (Å²) in [4.78, 5) is 16.8. The van der Waals surface area contributed by atoms with Gasteiger partial charge in [-0.3, -0.25) is 4.90 Å². The van der Waals surface area contributed by atoms with E-state index >= 15 is 0 Å². The van der Waals surface area contributed by atoms with Gasteiger partial charge >= 0.3 is 12.2 Å². The minimum atomic E-state index is -4.49. The molecule has 0 radical (unpaired) electrons. The van der Waals surface area contributed by atoms with Crippen molar-refractivity contribution in [3.05, 3.63) is 119 Å². The number of amides is 2. The van der Waals surface area contributed by atoms with E-state index in [2.05, 4.69) is 0 Å². The molecule has 1 fully saturated rings. The molecule has 1 atom stereocenters. The van der Waals surface area contributed by atoms with Crippen LogP contribution in [0, 0.1) is 0 Å². The Kier molecular flexibility index (Phi) is 7.39. The highest BCUT2D eigenvalue weighted by atomic mass is 35.5. The number of nitrogens with zero attached hydrogens (tertiary/aromatic N) is 2. The molecule has 0 spiro atoms. The number of anilines is 1. The number of rotatable bonds is 7. The molecule has 0 bridgehead atoms. The van der Waals surface area contributed by atoms with E-state index in [0.717, 1.165) is 17.7 Å². The molecule has 0 N–H and O–H groups in total. The van der Waals surface area contributed by atoms with Crippen molar-refractivity contribution in [2.24, 2.45) is 0 Å². The lowest BCUT2D eigenvalue weighted by Gasteiger charge is -2.24. The molecule has 0 aromatic heterocycles. The van der Waals surface area contributed by atoms with E-state index in [1.165, 1.54) is 11.0 Å². The first-order valence-corrected chi connectivity index (χ1v) is 12.5. The van der Waals surface area contributed by atoms with Gasteiger partial charge in [0.15, 0.2) is 0 Å². The van der Waals surface area contributed by atoms with Crippen molar-refractivity contribution >= 4 is 23.3 Å². The highest BCUT2D eigenvalue weighted by Gasteiger charge is 2.40. The van der Waals surface area contributed by atoms with Crippen LogP contribution in [0.2, 0.25) is 5.02 Å². The fourth-order valence-electron chi connectivity index (χ4n) is 4.52. The maximum atomic E-state index is 13.7. The van der Waals surface area contributed by atoms with Crippen LogP contribution in [-0.4, -0.2) is 24.6 Å². The molecule has 1 aliphatic heterocycles. The van der Waals surface area contributed by atoms with Crippen LogP contribution in [0.4, 0.5) is 23.7 Å². The van der Waals surface area contributed by atoms with Gasteiger partial charge in [-0.25, -0.2) is 4.79 Å². The summed E-state index contributed by atoms with van der Waals surface area (Å²) < 4.78 is 51.6. The fourth-order valence-corrected chi connectivity index (χ4v) is 4.64. The zero-order valence-corrected chi connectivity index (χ0v) is 21.6. The standard InChI is InChI=1S/C30H24ClF3N2O3/c1-38-25-11-5-20(6-12-25)18-35-19-28(21-3-2-4-22(17-21)30(32,33)34)36(29(35)37)24-9-15-27(16-10-24)39-26-13-7-23(31)8-14-26/h2-17,28H,18-19H2,1H3. The van der Waals surface area contributed by atoms with E-state index in [1.54, 1.807) is 78.7 Å². The molecule has 5 nitrogen and oxygen atoms in total. The van der Waals surface area contributed by atoms with Crippen LogP contribution in [0.3, 0.4) is 0 Å². The molecular formula is C30H24ClF3N2O3. The molecule has 5 rings (SSSR count). The van der Waals surface area contributed by atoms with Gasteiger partial charge in [-0.15, -0.1) is 0 Å². The van der Waals surface area contributed by atoms with Gasteiger partial charge in [0.05, 0.1) is 18.7 Å². The van der Waals surface area contributed by atoms with E-state index in [0.29, 0.717) is 40.1 Å². The number of urea groups is 1. The zero-order chi connectivity index (χ0) is 27.6. The molecule has 4 aromatic carbocycles. The van der Waals surface area contributed by atoms with Crippen LogP contribution in [-0.2, 0) is 12.7 Å². The lowest BCUT2D eigenvalue weighted by molar-refractivity contribution is -0.137. The molecule has 1 unspecified atom stereocenters. The fraction of sp³-hybridized carbons (Fsp3) is 0.167. The molecule has 1 saturated heterocycles. The van der Waals surface area contributed by atoms with Crippen molar-refractivity contribution in [3.8, 4) is 17.2 Å². The second-order valence-corrected chi connectivity index (χ2v) is 9.51. The molecule has 1 heterocycles. The Morgan fingerprint density at radius 1 is 0.872 bits per heavy atom. The van der Waals surface area contributed by atoms with E-state index < -0.39 is 17.8 Å². The molecule has 9 heteroatoms. The first kappa shape index (κ1) is 26.4. The largest absolute Gasteiger partial charge is 0.497 e. The Bertz CT molecular complexity index is 1440. The monoisotopic (exact) mass is 552 g/mol. The number of hydrogen-bond acceptors (Lipinski definition) is 3. The SMILES string of the molecule is COc1ccc(CN2CC(c3cccc(C(F)(F)F)c3)N(c3ccc(Oc4ccc(Cl)cc4)cc3)C2=O)cc1.